The van der Waals surface area contributed by atoms with Gasteiger partial charge in [-0.15, -0.1) is 0 Å². The first-order valence-corrected chi connectivity index (χ1v) is 8.88. The van der Waals surface area contributed by atoms with Crippen LogP contribution in [0.25, 0.3) is 5.69 Å². The second-order valence-electron chi connectivity index (χ2n) is 6.31. The van der Waals surface area contributed by atoms with Crippen molar-refractivity contribution in [2.75, 3.05) is 19.0 Å². The van der Waals surface area contributed by atoms with Crippen LogP contribution in [0.2, 0.25) is 0 Å². The number of amides is 1. The summed E-state index contributed by atoms with van der Waals surface area (Å²) in [6.07, 6.45) is 0. The van der Waals surface area contributed by atoms with Gasteiger partial charge in [-0.05, 0) is 51.1 Å². The highest BCUT2D eigenvalue weighted by Crippen LogP contribution is 2.27. The Bertz CT molecular complexity index is 945. The number of nitrogens with zero attached hydrogens (tertiary/aromatic N) is 2. The van der Waals surface area contributed by atoms with Gasteiger partial charge in [0.1, 0.15) is 11.6 Å². The third-order valence-electron chi connectivity index (χ3n) is 4.18. The molecule has 0 aliphatic rings. The Kier molecular flexibility index (Phi) is 5.45. The molecule has 0 spiro atoms. The quantitative estimate of drug-likeness (QED) is 0.694. The first-order valence-electron chi connectivity index (χ1n) is 8.88. The fourth-order valence-corrected chi connectivity index (χ4v) is 2.81. The van der Waals surface area contributed by atoms with Crippen LogP contribution in [-0.4, -0.2) is 29.3 Å². The summed E-state index contributed by atoms with van der Waals surface area (Å²) in [5.41, 5.74) is 4.22. The maximum absolute atomic E-state index is 12.5. The minimum absolute atomic E-state index is 0.156. The van der Waals surface area contributed by atoms with Crippen molar-refractivity contribution in [2.24, 2.45) is 0 Å². The number of rotatable bonds is 6. The van der Waals surface area contributed by atoms with Crippen molar-refractivity contribution in [3.05, 3.63) is 65.4 Å². The number of carbonyl (C=O) groups excluding carboxylic acids is 1. The van der Waals surface area contributed by atoms with Gasteiger partial charge >= 0.3 is 0 Å². The van der Waals surface area contributed by atoms with Gasteiger partial charge in [0.05, 0.1) is 29.7 Å². The van der Waals surface area contributed by atoms with Crippen LogP contribution in [0.15, 0.2) is 48.5 Å². The van der Waals surface area contributed by atoms with Gasteiger partial charge in [-0.2, -0.15) is 5.10 Å². The topological polar surface area (TPSA) is 68.2 Å². The summed E-state index contributed by atoms with van der Waals surface area (Å²) in [6.45, 7) is 6.43. The summed E-state index contributed by atoms with van der Waals surface area (Å²) >= 11 is 0. The van der Waals surface area contributed by atoms with E-state index in [4.69, 9.17) is 4.74 Å². The first-order chi connectivity index (χ1) is 13.0. The number of nitrogens with one attached hydrogen (secondary N) is 2. The molecule has 0 aliphatic carbocycles. The normalized spacial score (nSPS) is 10.5. The molecule has 2 aromatic carbocycles. The smallest absolute Gasteiger partial charge is 0.253 e. The predicted molar refractivity (Wildman–Crippen MR) is 107 cm³/mol. The van der Waals surface area contributed by atoms with Crippen molar-refractivity contribution in [1.29, 1.82) is 0 Å². The van der Waals surface area contributed by atoms with Gasteiger partial charge in [0, 0.05) is 12.6 Å². The molecule has 3 aromatic rings. The van der Waals surface area contributed by atoms with Crippen LogP contribution in [0.5, 0.6) is 5.75 Å². The lowest BCUT2D eigenvalue weighted by Gasteiger charge is -2.14. The Morgan fingerprint density at radius 3 is 2.52 bits per heavy atom. The molecule has 1 heterocycles. The lowest BCUT2D eigenvalue weighted by Crippen LogP contribution is -2.23. The highest BCUT2D eigenvalue weighted by Gasteiger charge is 2.15. The van der Waals surface area contributed by atoms with E-state index in [-0.39, 0.29) is 5.91 Å². The van der Waals surface area contributed by atoms with Gasteiger partial charge < -0.3 is 15.4 Å². The zero-order valence-corrected chi connectivity index (χ0v) is 16.0. The molecule has 1 aromatic heterocycles. The van der Waals surface area contributed by atoms with Crippen LogP contribution >= 0.6 is 0 Å². The molecule has 0 fully saturated rings. The highest BCUT2D eigenvalue weighted by atomic mass is 16.5. The van der Waals surface area contributed by atoms with Crippen LogP contribution in [0.1, 0.15) is 28.5 Å². The summed E-state index contributed by atoms with van der Waals surface area (Å²) in [5, 5.41) is 10.8. The molecular weight excluding hydrogens is 340 g/mol. The number of hydrogen-bond acceptors (Lipinski definition) is 4. The number of aryl methyl sites for hydroxylation is 2. The van der Waals surface area contributed by atoms with Crippen LogP contribution < -0.4 is 15.4 Å². The number of anilines is 2. The molecule has 6 nitrogen and oxygen atoms in total. The zero-order chi connectivity index (χ0) is 19.4. The van der Waals surface area contributed by atoms with E-state index >= 15 is 0 Å². The summed E-state index contributed by atoms with van der Waals surface area (Å²) in [6, 6.07) is 15.5. The molecule has 27 heavy (non-hydrogen) atoms. The van der Waals surface area contributed by atoms with Gasteiger partial charge in [0.25, 0.3) is 5.91 Å². The largest absolute Gasteiger partial charge is 0.497 e. The zero-order valence-electron chi connectivity index (χ0n) is 16.0. The van der Waals surface area contributed by atoms with Crippen LogP contribution in [0, 0.1) is 13.8 Å². The molecule has 0 atom stereocenters. The summed E-state index contributed by atoms with van der Waals surface area (Å²) < 4.78 is 7.11. The molecule has 2 N–H and O–H groups in total. The number of ether oxygens (including phenoxy) is 1. The molecule has 6 heteroatoms. The van der Waals surface area contributed by atoms with Crippen molar-refractivity contribution in [3.8, 4) is 11.4 Å². The SMILES string of the molecule is CCNC(=O)c1cc(OC)ccc1Nc1cc(C)nn1-c1ccc(C)cc1. The number of hydrogen-bond donors (Lipinski definition) is 2. The standard InChI is InChI=1S/C21H24N4O2/c1-5-22-21(26)18-13-17(27-4)10-11-19(18)23-20-12-15(3)24-25(20)16-8-6-14(2)7-9-16/h6-13,23H,5H2,1-4H3,(H,22,26). The third-order valence-corrected chi connectivity index (χ3v) is 4.18. The highest BCUT2D eigenvalue weighted by molar-refractivity contribution is 6.00. The first kappa shape index (κ1) is 18.5. The van der Waals surface area contributed by atoms with E-state index < -0.39 is 0 Å². The molecule has 0 aliphatic heterocycles. The van der Waals surface area contributed by atoms with E-state index in [1.807, 2.05) is 67.9 Å². The van der Waals surface area contributed by atoms with E-state index in [0.29, 0.717) is 23.5 Å². The Hall–Kier alpha value is -3.28. The Morgan fingerprint density at radius 2 is 1.85 bits per heavy atom. The molecule has 140 valence electrons. The molecule has 0 radical (unpaired) electrons. The Morgan fingerprint density at radius 1 is 1.11 bits per heavy atom. The number of carbonyl (C=O) groups is 1. The second-order valence-corrected chi connectivity index (χ2v) is 6.31. The number of methoxy groups -OCH3 is 1. The lowest BCUT2D eigenvalue weighted by atomic mass is 10.1. The minimum Gasteiger partial charge on any atom is -0.497 e. The molecule has 0 saturated carbocycles. The molecule has 0 bridgehead atoms. The Labute approximate surface area is 159 Å². The average molecular weight is 364 g/mol. The van der Waals surface area contributed by atoms with Gasteiger partial charge in [0.15, 0.2) is 0 Å². The van der Waals surface area contributed by atoms with Crippen molar-refractivity contribution in [3.63, 3.8) is 0 Å². The fourth-order valence-electron chi connectivity index (χ4n) is 2.81. The van der Waals surface area contributed by atoms with Crippen molar-refractivity contribution in [1.82, 2.24) is 15.1 Å². The van der Waals surface area contributed by atoms with Gasteiger partial charge in [-0.3, -0.25) is 4.79 Å². The van der Waals surface area contributed by atoms with Gasteiger partial charge in [-0.1, -0.05) is 17.7 Å². The molecule has 0 saturated heterocycles. The van der Waals surface area contributed by atoms with E-state index in [2.05, 4.69) is 15.7 Å². The van der Waals surface area contributed by atoms with E-state index in [9.17, 15) is 4.79 Å². The molecule has 0 unspecified atom stereocenters. The third kappa shape index (κ3) is 4.11. The van der Waals surface area contributed by atoms with Gasteiger partial charge in [0.2, 0.25) is 0 Å². The van der Waals surface area contributed by atoms with E-state index in [1.54, 1.807) is 13.2 Å². The number of aromatic nitrogens is 2. The maximum atomic E-state index is 12.5. The fraction of sp³-hybridized carbons (Fsp3) is 0.238. The van der Waals surface area contributed by atoms with Crippen LogP contribution in [0.3, 0.4) is 0 Å². The lowest BCUT2D eigenvalue weighted by molar-refractivity contribution is 0.0956. The molecule has 1 amide bonds. The predicted octanol–water partition coefficient (Wildman–Crippen LogP) is 3.99. The van der Waals surface area contributed by atoms with E-state index in [1.165, 1.54) is 5.56 Å². The molecule has 3 rings (SSSR count). The monoisotopic (exact) mass is 364 g/mol. The van der Waals surface area contributed by atoms with E-state index in [0.717, 1.165) is 17.2 Å². The molecular formula is C21H24N4O2. The number of benzene rings is 2. The summed E-state index contributed by atoms with van der Waals surface area (Å²) in [5.74, 6) is 1.26. The Balaban J connectivity index is 2.00. The van der Waals surface area contributed by atoms with Crippen LogP contribution in [0.4, 0.5) is 11.5 Å². The van der Waals surface area contributed by atoms with Crippen molar-refractivity contribution >= 4 is 17.4 Å². The van der Waals surface area contributed by atoms with Crippen molar-refractivity contribution in [2.45, 2.75) is 20.8 Å². The minimum atomic E-state index is -0.156. The maximum Gasteiger partial charge on any atom is 0.253 e. The average Bonchev–Trinajstić information content (AvgIpc) is 3.03. The van der Waals surface area contributed by atoms with Crippen LogP contribution in [-0.2, 0) is 0 Å². The van der Waals surface area contributed by atoms with Crippen molar-refractivity contribution < 1.29 is 9.53 Å². The second kappa shape index (κ2) is 7.95. The van der Waals surface area contributed by atoms with Gasteiger partial charge in [-0.25, -0.2) is 4.68 Å². The summed E-state index contributed by atoms with van der Waals surface area (Å²) in [7, 11) is 1.58. The summed E-state index contributed by atoms with van der Waals surface area (Å²) in [4.78, 5) is 12.5.